The van der Waals surface area contributed by atoms with Gasteiger partial charge in [-0.3, -0.25) is 5.32 Å². The third kappa shape index (κ3) is 1.21. The molecule has 0 bridgehead atoms. The van der Waals surface area contributed by atoms with Gasteiger partial charge in [0.1, 0.15) is 11.4 Å². The molecule has 1 saturated carbocycles. The summed E-state index contributed by atoms with van der Waals surface area (Å²) in [4.78, 5) is 15.6. The number of pyridine rings is 1. The van der Waals surface area contributed by atoms with Crippen LogP contribution >= 0.6 is 0 Å². The molecule has 1 aromatic rings. The van der Waals surface area contributed by atoms with Crippen LogP contribution < -0.4 is 5.32 Å². The summed E-state index contributed by atoms with van der Waals surface area (Å²) in [6.45, 7) is 0. The van der Waals surface area contributed by atoms with Gasteiger partial charge < -0.3 is 4.74 Å². The molecule has 0 radical (unpaired) electrons. The van der Waals surface area contributed by atoms with E-state index < -0.39 is 5.60 Å². The van der Waals surface area contributed by atoms with E-state index in [1.807, 2.05) is 12.1 Å². The molecule has 1 amide bonds. The standard InChI is InChI=1S/C11H12N2O2/c14-10-13-9-8(4-3-7-12-9)11(15-10)5-1-2-6-11/h3-4,7H,1-2,5-6H2,(H,12,13,14). The van der Waals surface area contributed by atoms with Crippen molar-refractivity contribution in [3.05, 3.63) is 23.9 Å². The number of carbonyl (C=O) groups excluding carboxylic acids is 1. The fourth-order valence-corrected chi connectivity index (χ4v) is 2.54. The smallest absolute Gasteiger partial charge is 0.413 e. The second-order valence-corrected chi connectivity index (χ2v) is 4.12. The summed E-state index contributed by atoms with van der Waals surface area (Å²) >= 11 is 0. The molecule has 1 aliphatic heterocycles. The number of anilines is 1. The number of aromatic nitrogens is 1. The first-order valence-corrected chi connectivity index (χ1v) is 5.26. The van der Waals surface area contributed by atoms with Gasteiger partial charge in [-0.05, 0) is 37.8 Å². The van der Waals surface area contributed by atoms with Crippen LogP contribution in [0.1, 0.15) is 31.2 Å². The van der Waals surface area contributed by atoms with Crippen LogP contribution in [0.5, 0.6) is 0 Å². The normalized spacial score (nSPS) is 22.0. The highest BCUT2D eigenvalue weighted by molar-refractivity contribution is 5.87. The Bertz CT molecular complexity index is 411. The van der Waals surface area contributed by atoms with Gasteiger partial charge in [0.05, 0.1) is 0 Å². The number of hydrogen-bond acceptors (Lipinski definition) is 3. The second kappa shape index (κ2) is 2.95. The van der Waals surface area contributed by atoms with Crippen molar-refractivity contribution in [1.82, 2.24) is 4.98 Å². The Kier molecular flexibility index (Phi) is 1.71. The van der Waals surface area contributed by atoms with Crippen molar-refractivity contribution >= 4 is 11.9 Å². The van der Waals surface area contributed by atoms with Gasteiger partial charge in [0, 0.05) is 11.8 Å². The molecule has 78 valence electrons. The van der Waals surface area contributed by atoms with E-state index in [0.29, 0.717) is 5.82 Å². The first-order chi connectivity index (χ1) is 7.30. The maximum Gasteiger partial charge on any atom is 0.413 e. The van der Waals surface area contributed by atoms with Gasteiger partial charge in [0.25, 0.3) is 0 Å². The largest absolute Gasteiger partial charge is 0.438 e. The molecular weight excluding hydrogens is 192 g/mol. The molecule has 0 unspecified atom stereocenters. The Morgan fingerprint density at radius 3 is 3.00 bits per heavy atom. The first-order valence-electron chi connectivity index (χ1n) is 5.26. The van der Waals surface area contributed by atoms with E-state index in [2.05, 4.69) is 10.3 Å². The van der Waals surface area contributed by atoms with E-state index in [0.717, 1.165) is 31.2 Å². The van der Waals surface area contributed by atoms with Crippen LogP contribution in [0, 0.1) is 0 Å². The van der Waals surface area contributed by atoms with E-state index in [-0.39, 0.29) is 6.09 Å². The SMILES string of the molecule is O=C1Nc2ncccc2C2(CCCC2)O1. The lowest BCUT2D eigenvalue weighted by atomic mass is 9.91. The Morgan fingerprint density at radius 1 is 1.40 bits per heavy atom. The second-order valence-electron chi connectivity index (χ2n) is 4.12. The zero-order valence-corrected chi connectivity index (χ0v) is 8.32. The number of ether oxygens (including phenoxy) is 1. The van der Waals surface area contributed by atoms with Crippen LogP contribution in [-0.2, 0) is 10.3 Å². The van der Waals surface area contributed by atoms with Crippen molar-refractivity contribution in [3.8, 4) is 0 Å². The Hall–Kier alpha value is -1.58. The average molecular weight is 204 g/mol. The highest BCUT2D eigenvalue weighted by Crippen LogP contribution is 2.46. The minimum absolute atomic E-state index is 0.372. The summed E-state index contributed by atoms with van der Waals surface area (Å²) < 4.78 is 5.47. The monoisotopic (exact) mass is 204 g/mol. The van der Waals surface area contributed by atoms with Crippen molar-refractivity contribution in [1.29, 1.82) is 0 Å². The number of rotatable bonds is 0. The number of fused-ring (bicyclic) bond motifs is 2. The number of nitrogens with zero attached hydrogens (tertiary/aromatic N) is 1. The van der Waals surface area contributed by atoms with Crippen LogP contribution in [0.15, 0.2) is 18.3 Å². The van der Waals surface area contributed by atoms with Gasteiger partial charge >= 0.3 is 6.09 Å². The molecular formula is C11H12N2O2. The fraction of sp³-hybridized carbons (Fsp3) is 0.455. The maximum absolute atomic E-state index is 11.4. The number of hydrogen-bond donors (Lipinski definition) is 1. The minimum Gasteiger partial charge on any atom is -0.438 e. The van der Waals surface area contributed by atoms with Gasteiger partial charge in [-0.2, -0.15) is 0 Å². The van der Waals surface area contributed by atoms with Gasteiger partial charge in [0.2, 0.25) is 0 Å². The predicted octanol–water partition coefficient (Wildman–Crippen LogP) is 2.41. The van der Waals surface area contributed by atoms with Crippen LogP contribution in [0.4, 0.5) is 10.6 Å². The third-order valence-corrected chi connectivity index (χ3v) is 3.22. The van der Waals surface area contributed by atoms with Crippen LogP contribution in [0.25, 0.3) is 0 Å². The lowest BCUT2D eigenvalue weighted by Crippen LogP contribution is -2.37. The van der Waals surface area contributed by atoms with Crippen molar-refractivity contribution in [2.24, 2.45) is 0 Å². The van der Waals surface area contributed by atoms with Crippen molar-refractivity contribution in [3.63, 3.8) is 0 Å². The summed E-state index contributed by atoms with van der Waals surface area (Å²) in [7, 11) is 0. The number of carbonyl (C=O) groups is 1. The Balaban J connectivity index is 2.14. The van der Waals surface area contributed by atoms with E-state index in [1.165, 1.54) is 0 Å². The van der Waals surface area contributed by atoms with Gasteiger partial charge in [0.15, 0.2) is 0 Å². The number of nitrogens with one attached hydrogen (secondary N) is 1. The van der Waals surface area contributed by atoms with Crippen LogP contribution in [-0.4, -0.2) is 11.1 Å². The molecule has 0 atom stereocenters. The molecule has 1 spiro atoms. The molecule has 3 rings (SSSR count). The quantitative estimate of drug-likeness (QED) is 0.706. The van der Waals surface area contributed by atoms with E-state index >= 15 is 0 Å². The highest BCUT2D eigenvalue weighted by atomic mass is 16.6. The summed E-state index contributed by atoms with van der Waals surface area (Å²) in [5.74, 6) is 0.663. The molecule has 1 N–H and O–H groups in total. The minimum atomic E-state index is -0.397. The van der Waals surface area contributed by atoms with Crippen molar-refractivity contribution < 1.29 is 9.53 Å². The molecule has 0 saturated heterocycles. The zero-order valence-electron chi connectivity index (χ0n) is 8.32. The average Bonchev–Trinajstić information content (AvgIpc) is 2.67. The summed E-state index contributed by atoms with van der Waals surface area (Å²) in [6, 6.07) is 3.88. The highest BCUT2D eigenvalue weighted by Gasteiger charge is 2.44. The lowest BCUT2D eigenvalue weighted by molar-refractivity contribution is 0.0165. The van der Waals surface area contributed by atoms with Crippen molar-refractivity contribution in [2.45, 2.75) is 31.3 Å². The van der Waals surface area contributed by atoms with E-state index in [4.69, 9.17) is 4.74 Å². The van der Waals surface area contributed by atoms with Crippen molar-refractivity contribution in [2.75, 3.05) is 5.32 Å². The zero-order chi connectivity index (χ0) is 10.3. The van der Waals surface area contributed by atoms with Gasteiger partial charge in [-0.15, -0.1) is 0 Å². The molecule has 4 heteroatoms. The first kappa shape index (κ1) is 8.71. The lowest BCUT2D eigenvalue weighted by Gasteiger charge is -2.34. The molecule has 1 aromatic heterocycles. The Morgan fingerprint density at radius 2 is 2.20 bits per heavy atom. The molecule has 4 nitrogen and oxygen atoms in total. The van der Waals surface area contributed by atoms with Crippen LogP contribution in [0.3, 0.4) is 0 Å². The maximum atomic E-state index is 11.4. The topological polar surface area (TPSA) is 51.2 Å². The summed E-state index contributed by atoms with van der Waals surface area (Å²) in [5.41, 5.74) is 0.633. The predicted molar refractivity (Wildman–Crippen MR) is 54.5 cm³/mol. The Labute approximate surface area is 87.7 Å². The number of amides is 1. The third-order valence-electron chi connectivity index (χ3n) is 3.22. The molecule has 2 aliphatic rings. The van der Waals surface area contributed by atoms with Gasteiger partial charge in [-0.25, -0.2) is 9.78 Å². The molecule has 2 heterocycles. The van der Waals surface area contributed by atoms with E-state index in [9.17, 15) is 4.79 Å². The molecule has 0 aromatic carbocycles. The molecule has 15 heavy (non-hydrogen) atoms. The van der Waals surface area contributed by atoms with Crippen LogP contribution in [0.2, 0.25) is 0 Å². The molecule has 1 aliphatic carbocycles. The fourth-order valence-electron chi connectivity index (χ4n) is 2.54. The molecule has 1 fully saturated rings. The summed E-state index contributed by atoms with van der Waals surface area (Å²) in [6.07, 6.45) is 5.37. The van der Waals surface area contributed by atoms with Gasteiger partial charge in [-0.1, -0.05) is 0 Å². The summed E-state index contributed by atoms with van der Waals surface area (Å²) in [5, 5.41) is 2.64. The van der Waals surface area contributed by atoms with E-state index in [1.54, 1.807) is 6.20 Å².